The van der Waals surface area contributed by atoms with E-state index in [1.165, 1.54) is 12.0 Å². The molecular weight excluding hydrogens is 278 g/mol. The molecule has 1 amide bonds. The Morgan fingerprint density at radius 2 is 2.27 bits per heavy atom. The van der Waals surface area contributed by atoms with Gasteiger partial charge in [0.25, 0.3) is 0 Å². The van der Waals surface area contributed by atoms with Crippen LogP contribution in [-0.4, -0.2) is 46.6 Å². The minimum atomic E-state index is -0.235. The molecule has 2 saturated heterocycles. The number of likely N-dealkylation sites (tertiary alicyclic amines) is 1. The maximum absolute atomic E-state index is 12.2. The minimum absolute atomic E-state index is 0.0795. The summed E-state index contributed by atoms with van der Waals surface area (Å²) in [5.41, 5.74) is 1.15. The largest absolute Gasteiger partial charge is 0.359 e. The number of carbonyl (C=O) groups is 1. The van der Waals surface area contributed by atoms with Gasteiger partial charge in [-0.25, -0.2) is 0 Å². The summed E-state index contributed by atoms with van der Waals surface area (Å²) in [6, 6.07) is 4.47. The number of aromatic nitrogens is 1. The van der Waals surface area contributed by atoms with Gasteiger partial charge in [-0.3, -0.25) is 14.7 Å². The van der Waals surface area contributed by atoms with E-state index < -0.39 is 0 Å². The first kappa shape index (κ1) is 14.2. The van der Waals surface area contributed by atoms with Gasteiger partial charge < -0.3 is 10.1 Å². The van der Waals surface area contributed by atoms with E-state index in [4.69, 9.17) is 4.74 Å². The molecule has 1 unspecified atom stereocenters. The molecule has 3 aliphatic rings. The highest BCUT2D eigenvalue weighted by Gasteiger charge is 2.51. The molecule has 1 N–H and O–H groups in total. The highest BCUT2D eigenvalue weighted by molar-refractivity contribution is 5.81. The summed E-state index contributed by atoms with van der Waals surface area (Å²) >= 11 is 0. The van der Waals surface area contributed by atoms with Crippen LogP contribution in [0.15, 0.2) is 24.5 Å². The van der Waals surface area contributed by atoms with Crippen molar-refractivity contribution in [3.8, 4) is 0 Å². The van der Waals surface area contributed by atoms with Gasteiger partial charge in [-0.1, -0.05) is 6.07 Å². The van der Waals surface area contributed by atoms with Gasteiger partial charge in [0.1, 0.15) is 6.10 Å². The van der Waals surface area contributed by atoms with E-state index in [2.05, 4.69) is 21.3 Å². The molecule has 1 aliphatic carbocycles. The van der Waals surface area contributed by atoms with Crippen LogP contribution in [0, 0.1) is 0 Å². The highest BCUT2D eigenvalue weighted by Crippen LogP contribution is 2.39. The van der Waals surface area contributed by atoms with Crippen molar-refractivity contribution in [2.75, 3.05) is 13.1 Å². The van der Waals surface area contributed by atoms with Gasteiger partial charge in [0.15, 0.2) is 0 Å². The van der Waals surface area contributed by atoms with Crippen LogP contribution >= 0.6 is 0 Å². The smallest absolute Gasteiger partial charge is 0.249 e. The molecule has 4 rings (SSSR count). The van der Waals surface area contributed by atoms with E-state index in [0.717, 1.165) is 45.3 Å². The van der Waals surface area contributed by atoms with Crippen molar-refractivity contribution < 1.29 is 9.53 Å². The van der Waals surface area contributed by atoms with Crippen LogP contribution in [0.5, 0.6) is 0 Å². The summed E-state index contributed by atoms with van der Waals surface area (Å²) < 4.78 is 6.11. The van der Waals surface area contributed by atoms with Crippen LogP contribution in [0.3, 0.4) is 0 Å². The van der Waals surface area contributed by atoms with Crippen molar-refractivity contribution in [1.29, 1.82) is 0 Å². The standard InChI is InChI=1S/C17H23N3O2/c21-16(19-14-4-1-5-14)15-6-7-17(22-15)11-20(12-17)10-13-3-2-8-18-9-13/h2-3,8-9,14-15H,1,4-7,10-12H2,(H,19,21). The molecule has 1 spiro atoms. The maximum atomic E-state index is 12.2. The first-order valence-electron chi connectivity index (χ1n) is 8.32. The number of rotatable bonds is 4. The zero-order valence-corrected chi connectivity index (χ0v) is 12.8. The van der Waals surface area contributed by atoms with Gasteiger partial charge in [-0.05, 0) is 43.7 Å². The van der Waals surface area contributed by atoms with Gasteiger partial charge >= 0.3 is 0 Å². The number of ether oxygens (including phenoxy) is 1. The molecular formula is C17H23N3O2. The predicted octanol–water partition coefficient (Wildman–Crippen LogP) is 1.48. The van der Waals surface area contributed by atoms with Crippen LogP contribution in [-0.2, 0) is 16.1 Å². The molecule has 3 heterocycles. The van der Waals surface area contributed by atoms with Gasteiger partial charge in [0.05, 0.1) is 5.60 Å². The Hall–Kier alpha value is -1.46. The maximum Gasteiger partial charge on any atom is 0.249 e. The van der Waals surface area contributed by atoms with Gasteiger partial charge in [0, 0.05) is 38.1 Å². The number of nitrogens with one attached hydrogen (secondary N) is 1. The lowest BCUT2D eigenvalue weighted by Gasteiger charge is -2.47. The molecule has 22 heavy (non-hydrogen) atoms. The molecule has 0 bridgehead atoms. The van der Waals surface area contributed by atoms with E-state index in [0.29, 0.717) is 6.04 Å². The Bertz CT molecular complexity index is 538. The Kier molecular flexibility index (Phi) is 3.62. The Labute approximate surface area is 131 Å². The molecule has 0 aromatic carbocycles. The van der Waals surface area contributed by atoms with E-state index in [9.17, 15) is 4.79 Å². The van der Waals surface area contributed by atoms with Crippen molar-refractivity contribution >= 4 is 5.91 Å². The molecule has 5 nitrogen and oxygen atoms in total. The quantitative estimate of drug-likeness (QED) is 0.915. The third-order valence-corrected chi connectivity index (χ3v) is 5.15. The third kappa shape index (κ3) is 2.75. The summed E-state index contributed by atoms with van der Waals surface area (Å²) in [5, 5.41) is 3.11. The van der Waals surface area contributed by atoms with Crippen LogP contribution in [0.4, 0.5) is 0 Å². The van der Waals surface area contributed by atoms with Crippen molar-refractivity contribution in [2.45, 2.75) is 56.4 Å². The number of hydrogen-bond donors (Lipinski definition) is 1. The Morgan fingerprint density at radius 1 is 1.41 bits per heavy atom. The van der Waals surface area contributed by atoms with Crippen molar-refractivity contribution in [3.63, 3.8) is 0 Å². The first-order chi connectivity index (χ1) is 10.7. The molecule has 1 aromatic heterocycles. The second-order valence-corrected chi connectivity index (χ2v) is 6.97. The Balaban J connectivity index is 1.26. The number of nitrogens with zero attached hydrogens (tertiary/aromatic N) is 2. The first-order valence-corrected chi connectivity index (χ1v) is 8.32. The number of amides is 1. The van der Waals surface area contributed by atoms with Crippen LogP contribution in [0.25, 0.3) is 0 Å². The fraction of sp³-hybridized carbons (Fsp3) is 0.647. The molecule has 1 atom stereocenters. The molecule has 5 heteroatoms. The van der Waals surface area contributed by atoms with Gasteiger partial charge in [-0.15, -0.1) is 0 Å². The average Bonchev–Trinajstić information content (AvgIpc) is 2.89. The number of pyridine rings is 1. The normalized spacial score (nSPS) is 27.4. The van der Waals surface area contributed by atoms with Gasteiger partial charge in [-0.2, -0.15) is 0 Å². The van der Waals surface area contributed by atoms with Crippen LogP contribution in [0.1, 0.15) is 37.7 Å². The van der Waals surface area contributed by atoms with E-state index in [1.54, 1.807) is 6.20 Å². The fourth-order valence-electron chi connectivity index (χ4n) is 3.71. The third-order valence-electron chi connectivity index (χ3n) is 5.15. The zero-order chi connectivity index (χ0) is 15.0. The summed E-state index contributed by atoms with van der Waals surface area (Å²) in [6.07, 6.45) is 8.83. The van der Waals surface area contributed by atoms with E-state index in [-0.39, 0.29) is 17.6 Å². The molecule has 1 aromatic rings. The Morgan fingerprint density at radius 3 is 2.95 bits per heavy atom. The molecule has 2 aliphatic heterocycles. The second kappa shape index (κ2) is 5.63. The predicted molar refractivity (Wildman–Crippen MR) is 82.1 cm³/mol. The van der Waals surface area contributed by atoms with E-state index >= 15 is 0 Å². The number of hydrogen-bond acceptors (Lipinski definition) is 4. The summed E-state index contributed by atoms with van der Waals surface area (Å²) in [7, 11) is 0. The monoisotopic (exact) mass is 301 g/mol. The van der Waals surface area contributed by atoms with Crippen molar-refractivity contribution in [1.82, 2.24) is 15.2 Å². The lowest BCUT2D eigenvalue weighted by molar-refractivity contribution is -0.158. The van der Waals surface area contributed by atoms with Crippen molar-refractivity contribution in [3.05, 3.63) is 30.1 Å². The molecule has 0 radical (unpaired) electrons. The average molecular weight is 301 g/mol. The van der Waals surface area contributed by atoms with Crippen molar-refractivity contribution in [2.24, 2.45) is 0 Å². The zero-order valence-electron chi connectivity index (χ0n) is 12.8. The lowest BCUT2D eigenvalue weighted by atomic mass is 9.90. The van der Waals surface area contributed by atoms with Crippen LogP contribution < -0.4 is 5.32 Å². The lowest BCUT2D eigenvalue weighted by Crippen LogP contribution is -2.61. The fourth-order valence-corrected chi connectivity index (χ4v) is 3.71. The van der Waals surface area contributed by atoms with Crippen LogP contribution in [0.2, 0.25) is 0 Å². The van der Waals surface area contributed by atoms with Gasteiger partial charge in [0.2, 0.25) is 5.91 Å². The minimum Gasteiger partial charge on any atom is -0.359 e. The second-order valence-electron chi connectivity index (χ2n) is 6.97. The summed E-state index contributed by atoms with van der Waals surface area (Å²) in [6.45, 7) is 2.77. The highest BCUT2D eigenvalue weighted by atomic mass is 16.5. The summed E-state index contributed by atoms with van der Waals surface area (Å²) in [5.74, 6) is 0.104. The topological polar surface area (TPSA) is 54.5 Å². The molecule has 1 saturated carbocycles. The summed E-state index contributed by atoms with van der Waals surface area (Å²) in [4.78, 5) is 18.7. The SMILES string of the molecule is O=C(NC1CCC1)C1CCC2(CN(Cc3cccnc3)C2)O1. The molecule has 3 fully saturated rings. The van der Waals surface area contributed by atoms with E-state index in [1.807, 2.05) is 12.3 Å². The molecule has 118 valence electrons. The number of carbonyl (C=O) groups excluding carboxylic acids is 1.